The number of aromatic nitrogens is 2. The normalized spacial score (nSPS) is 11.0. The van der Waals surface area contributed by atoms with Gasteiger partial charge in [-0.1, -0.05) is 43.3 Å². The van der Waals surface area contributed by atoms with Gasteiger partial charge in [0.15, 0.2) is 0 Å². The molecule has 4 aromatic rings. The number of hydrogen-bond donors (Lipinski definition) is 1. The molecule has 2 aromatic carbocycles. The second-order valence-corrected chi connectivity index (χ2v) is 7.19. The van der Waals surface area contributed by atoms with E-state index in [9.17, 15) is 4.39 Å². The maximum Gasteiger partial charge on any atom is 0.142 e. The molecule has 0 spiro atoms. The summed E-state index contributed by atoms with van der Waals surface area (Å²) < 4.78 is 13.5. The highest BCUT2D eigenvalue weighted by atomic mass is 32.1. The molecule has 0 bridgehead atoms. The van der Waals surface area contributed by atoms with Crippen molar-refractivity contribution in [3.63, 3.8) is 0 Å². The van der Waals surface area contributed by atoms with Gasteiger partial charge in [-0.3, -0.25) is 0 Å². The molecule has 130 valence electrons. The average molecular weight is 363 g/mol. The standard InChI is InChI=1S/C21H18FN3S/c1-2-17-13-18-20(23-16-10-6-9-15(22)12-16)24-19(25-21(18)26-17)11-14-7-4-3-5-8-14/h3-10,12-13H,2,11H2,1H3,(H,23,24,25). The Kier molecular flexibility index (Phi) is 4.63. The first kappa shape index (κ1) is 16.7. The molecule has 0 amide bonds. The van der Waals surface area contributed by atoms with E-state index in [4.69, 9.17) is 9.97 Å². The highest BCUT2D eigenvalue weighted by Gasteiger charge is 2.12. The SMILES string of the molecule is CCc1cc2c(Nc3cccc(F)c3)nc(Cc3ccccc3)nc2s1. The van der Waals surface area contributed by atoms with E-state index in [0.717, 1.165) is 33.8 Å². The molecule has 5 heteroatoms. The summed E-state index contributed by atoms with van der Waals surface area (Å²) in [6, 6.07) is 18.7. The predicted molar refractivity (Wildman–Crippen MR) is 106 cm³/mol. The van der Waals surface area contributed by atoms with Crippen molar-refractivity contribution < 1.29 is 4.39 Å². The van der Waals surface area contributed by atoms with Crippen LogP contribution in [0.3, 0.4) is 0 Å². The average Bonchev–Trinajstić information content (AvgIpc) is 3.06. The Bertz CT molecular complexity index is 1040. The van der Waals surface area contributed by atoms with Crippen LogP contribution in [-0.2, 0) is 12.8 Å². The molecule has 4 rings (SSSR count). The van der Waals surface area contributed by atoms with Gasteiger partial charge in [0, 0.05) is 17.0 Å². The smallest absolute Gasteiger partial charge is 0.142 e. The van der Waals surface area contributed by atoms with Gasteiger partial charge in [-0.05, 0) is 36.2 Å². The van der Waals surface area contributed by atoms with Crippen molar-refractivity contribution >= 4 is 33.1 Å². The lowest BCUT2D eigenvalue weighted by atomic mass is 10.1. The minimum Gasteiger partial charge on any atom is -0.339 e. The largest absolute Gasteiger partial charge is 0.339 e. The number of aryl methyl sites for hydroxylation is 1. The van der Waals surface area contributed by atoms with Gasteiger partial charge in [-0.15, -0.1) is 11.3 Å². The van der Waals surface area contributed by atoms with E-state index in [2.05, 4.69) is 30.4 Å². The monoisotopic (exact) mass is 363 g/mol. The zero-order valence-electron chi connectivity index (χ0n) is 14.4. The van der Waals surface area contributed by atoms with Crippen LogP contribution >= 0.6 is 11.3 Å². The molecule has 2 aromatic heterocycles. The first-order valence-corrected chi connectivity index (χ1v) is 9.39. The van der Waals surface area contributed by atoms with Crippen LogP contribution in [-0.4, -0.2) is 9.97 Å². The molecule has 2 heterocycles. The number of thiophene rings is 1. The van der Waals surface area contributed by atoms with Crippen molar-refractivity contribution in [3.8, 4) is 0 Å². The summed E-state index contributed by atoms with van der Waals surface area (Å²) in [4.78, 5) is 11.7. The molecule has 0 fully saturated rings. The van der Waals surface area contributed by atoms with Crippen molar-refractivity contribution in [2.45, 2.75) is 19.8 Å². The Morgan fingerprint density at radius 2 is 1.85 bits per heavy atom. The van der Waals surface area contributed by atoms with Crippen molar-refractivity contribution in [2.24, 2.45) is 0 Å². The molecule has 26 heavy (non-hydrogen) atoms. The van der Waals surface area contributed by atoms with Crippen LogP contribution in [0.5, 0.6) is 0 Å². The number of nitrogens with one attached hydrogen (secondary N) is 1. The van der Waals surface area contributed by atoms with E-state index < -0.39 is 0 Å². The van der Waals surface area contributed by atoms with Crippen molar-refractivity contribution in [1.29, 1.82) is 0 Å². The molecule has 0 radical (unpaired) electrons. The fourth-order valence-corrected chi connectivity index (χ4v) is 3.83. The molecule has 0 unspecified atom stereocenters. The quantitative estimate of drug-likeness (QED) is 0.492. The second-order valence-electron chi connectivity index (χ2n) is 6.07. The van der Waals surface area contributed by atoms with Crippen LogP contribution in [0.15, 0.2) is 60.7 Å². The van der Waals surface area contributed by atoms with E-state index >= 15 is 0 Å². The summed E-state index contributed by atoms with van der Waals surface area (Å²) in [7, 11) is 0. The van der Waals surface area contributed by atoms with Crippen molar-refractivity contribution in [2.75, 3.05) is 5.32 Å². The second kappa shape index (κ2) is 7.22. The van der Waals surface area contributed by atoms with Gasteiger partial charge in [0.2, 0.25) is 0 Å². The summed E-state index contributed by atoms with van der Waals surface area (Å²) in [5.41, 5.74) is 1.84. The fourth-order valence-electron chi connectivity index (χ4n) is 2.85. The third-order valence-corrected chi connectivity index (χ3v) is 5.30. The molecule has 3 nitrogen and oxygen atoms in total. The molecule has 0 saturated carbocycles. The zero-order chi connectivity index (χ0) is 17.9. The topological polar surface area (TPSA) is 37.8 Å². The highest BCUT2D eigenvalue weighted by Crippen LogP contribution is 2.31. The Morgan fingerprint density at radius 3 is 2.62 bits per heavy atom. The van der Waals surface area contributed by atoms with Crippen LogP contribution in [0.4, 0.5) is 15.9 Å². The molecule has 1 N–H and O–H groups in total. The number of anilines is 2. The Labute approximate surface area is 155 Å². The number of nitrogens with zero attached hydrogens (tertiary/aromatic N) is 2. The van der Waals surface area contributed by atoms with Crippen LogP contribution in [0.2, 0.25) is 0 Å². The Balaban J connectivity index is 1.76. The molecule has 0 aliphatic heterocycles. The molecule has 0 aliphatic rings. The predicted octanol–water partition coefficient (Wildman–Crippen LogP) is 5.73. The van der Waals surface area contributed by atoms with Crippen LogP contribution in [0.25, 0.3) is 10.2 Å². The molecule has 0 atom stereocenters. The Hall–Kier alpha value is -2.79. The van der Waals surface area contributed by atoms with E-state index in [1.165, 1.54) is 17.0 Å². The summed E-state index contributed by atoms with van der Waals surface area (Å²) in [6.45, 7) is 2.13. The van der Waals surface area contributed by atoms with Crippen molar-refractivity contribution in [3.05, 3.63) is 82.7 Å². The summed E-state index contributed by atoms with van der Waals surface area (Å²) in [6.07, 6.45) is 1.61. The molecule has 0 aliphatic carbocycles. The maximum atomic E-state index is 13.5. The number of hydrogen-bond acceptors (Lipinski definition) is 4. The number of benzene rings is 2. The van der Waals surface area contributed by atoms with Gasteiger partial charge in [0.25, 0.3) is 0 Å². The number of rotatable bonds is 5. The Morgan fingerprint density at radius 1 is 1.00 bits per heavy atom. The van der Waals surface area contributed by atoms with E-state index in [1.54, 1.807) is 17.4 Å². The van der Waals surface area contributed by atoms with E-state index in [0.29, 0.717) is 12.1 Å². The van der Waals surface area contributed by atoms with Crippen LogP contribution in [0, 0.1) is 5.82 Å². The lowest BCUT2D eigenvalue weighted by molar-refractivity contribution is 0.628. The van der Waals surface area contributed by atoms with Gasteiger partial charge >= 0.3 is 0 Å². The van der Waals surface area contributed by atoms with Crippen LogP contribution in [0.1, 0.15) is 23.2 Å². The van der Waals surface area contributed by atoms with Gasteiger partial charge < -0.3 is 5.32 Å². The summed E-state index contributed by atoms with van der Waals surface area (Å²) in [5.74, 6) is 1.21. The number of fused-ring (bicyclic) bond motifs is 1. The fraction of sp³-hybridized carbons (Fsp3) is 0.143. The maximum absolute atomic E-state index is 13.5. The van der Waals surface area contributed by atoms with E-state index in [-0.39, 0.29) is 5.82 Å². The minimum atomic E-state index is -0.274. The first-order valence-electron chi connectivity index (χ1n) is 8.57. The van der Waals surface area contributed by atoms with Gasteiger partial charge in [0.1, 0.15) is 22.3 Å². The lowest BCUT2D eigenvalue weighted by Crippen LogP contribution is -2.01. The van der Waals surface area contributed by atoms with Gasteiger partial charge in [0.05, 0.1) is 5.39 Å². The molecular formula is C21H18FN3S. The van der Waals surface area contributed by atoms with Gasteiger partial charge in [-0.2, -0.15) is 0 Å². The van der Waals surface area contributed by atoms with Crippen LogP contribution < -0.4 is 5.32 Å². The third kappa shape index (κ3) is 3.58. The van der Waals surface area contributed by atoms with E-state index in [1.807, 2.05) is 24.3 Å². The van der Waals surface area contributed by atoms with Crippen molar-refractivity contribution in [1.82, 2.24) is 9.97 Å². The zero-order valence-corrected chi connectivity index (χ0v) is 15.2. The summed E-state index contributed by atoms with van der Waals surface area (Å²) >= 11 is 1.68. The third-order valence-electron chi connectivity index (χ3n) is 4.13. The van der Waals surface area contributed by atoms with Gasteiger partial charge in [-0.25, -0.2) is 14.4 Å². The number of halogens is 1. The minimum absolute atomic E-state index is 0.274. The summed E-state index contributed by atoms with van der Waals surface area (Å²) in [5, 5.41) is 4.25. The molecule has 0 saturated heterocycles. The first-order chi connectivity index (χ1) is 12.7. The highest BCUT2D eigenvalue weighted by molar-refractivity contribution is 7.18. The lowest BCUT2D eigenvalue weighted by Gasteiger charge is -2.09. The molecular weight excluding hydrogens is 345 g/mol.